The van der Waals surface area contributed by atoms with E-state index in [1.165, 1.54) is 0 Å². The van der Waals surface area contributed by atoms with Crippen molar-refractivity contribution in [3.8, 4) is 11.6 Å². The first-order chi connectivity index (χ1) is 8.63. The standard InChI is InChI=1S/C12H13N3O3/c13-8-1-3-9(4-2-8)18-6-5-10-14-11(16)7-12(17)15-10/h1-4,7H,5-6,13H2,(H2,14,15,16,17). The molecular formula is C12H13N3O3. The summed E-state index contributed by atoms with van der Waals surface area (Å²) in [6.07, 6.45) is 0.397. The first kappa shape index (κ1) is 12.0. The molecule has 0 saturated carbocycles. The minimum Gasteiger partial charge on any atom is -0.493 e. The summed E-state index contributed by atoms with van der Waals surface area (Å²) >= 11 is 0. The van der Waals surface area contributed by atoms with Crippen LogP contribution in [-0.2, 0) is 6.42 Å². The molecule has 0 bridgehead atoms. The minimum absolute atomic E-state index is 0.291. The van der Waals surface area contributed by atoms with Crippen LogP contribution in [0.15, 0.2) is 35.1 Å². The number of benzene rings is 1. The van der Waals surface area contributed by atoms with E-state index in [9.17, 15) is 4.79 Å². The quantitative estimate of drug-likeness (QED) is 0.689. The van der Waals surface area contributed by atoms with Crippen LogP contribution in [0, 0.1) is 0 Å². The molecule has 0 saturated heterocycles. The SMILES string of the molecule is Nc1ccc(OCCc2nc(O)cc(=O)[nH]2)cc1. The van der Waals surface area contributed by atoms with Gasteiger partial charge >= 0.3 is 0 Å². The van der Waals surface area contributed by atoms with Gasteiger partial charge in [-0.3, -0.25) is 4.79 Å². The zero-order chi connectivity index (χ0) is 13.0. The summed E-state index contributed by atoms with van der Waals surface area (Å²) in [6.45, 7) is 0.344. The van der Waals surface area contributed by atoms with Gasteiger partial charge < -0.3 is 20.6 Å². The third-order valence-corrected chi connectivity index (χ3v) is 2.26. The molecule has 0 fully saturated rings. The van der Waals surface area contributed by atoms with Crippen molar-refractivity contribution < 1.29 is 9.84 Å². The second-order valence-corrected chi connectivity index (χ2v) is 3.72. The van der Waals surface area contributed by atoms with Crippen LogP contribution in [0.5, 0.6) is 11.6 Å². The average Bonchev–Trinajstić information content (AvgIpc) is 2.30. The van der Waals surface area contributed by atoms with Crippen molar-refractivity contribution in [1.29, 1.82) is 0 Å². The predicted octanol–water partition coefficient (Wildman–Crippen LogP) is 0.679. The average molecular weight is 247 g/mol. The van der Waals surface area contributed by atoms with E-state index in [-0.39, 0.29) is 11.4 Å². The molecule has 0 unspecified atom stereocenters. The third kappa shape index (κ3) is 3.24. The molecule has 6 heteroatoms. The Bertz CT molecular complexity index is 578. The molecule has 0 radical (unpaired) electrons. The van der Waals surface area contributed by atoms with Crippen molar-refractivity contribution in [2.24, 2.45) is 0 Å². The maximum absolute atomic E-state index is 11.1. The first-order valence-corrected chi connectivity index (χ1v) is 5.41. The number of aromatic nitrogens is 2. The number of aromatic amines is 1. The number of H-pyrrole nitrogens is 1. The summed E-state index contributed by atoms with van der Waals surface area (Å²) in [6, 6.07) is 8.01. The minimum atomic E-state index is -0.384. The van der Waals surface area contributed by atoms with Crippen molar-refractivity contribution in [2.45, 2.75) is 6.42 Å². The number of aromatic hydroxyl groups is 1. The van der Waals surface area contributed by atoms with Crippen LogP contribution in [0.1, 0.15) is 5.82 Å². The van der Waals surface area contributed by atoms with E-state index in [2.05, 4.69) is 9.97 Å². The number of rotatable bonds is 4. The normalized spacial score (nSPS) is 10.2. The fourth-order valence-electron chi connectivity index (χ4n) is 1.44. The summed E-state index contributed by atoms with van der Waals surface area (Å²) in [5.41, 5.74) is 5.83. The summed E-state index contributed by atoms with van der Waals surface area (Å²) in [4.78, 5) is 17.4. The molecule has 6 nitrogen and oxygen atoms in total. The molecular weight excluding hydrogens is 234 g/mol. The number of hydrogen-bond donors (Lipinski definition) is 3. The smallest absolute Gasteiger partial charge is 0.254 e. The second-order valence-electron chi connectivity index (χ2n) is 3.72. The topological polar surface area (TPSA) is 101 Å². The van der Waals surface area contributed by atoms with Crippen LogP contribution in [0.3, 0.4) is 0 Å². The molecule has 2 aromatic rings. The lowest BCUT2D eigenvalue weighted by Gasteiger charge is -2.06. The zero-order valence-electron chi connectivity index (χ0n) is 9.59. The molecule has 0 aliphatic carbocycles. The molecule has 4 N–H and O–H groups in total. The van der Waals surface area contributed by atoms with Gasteiger partial charge in [0.25, 0.3) is 5.56 Å². The Hall–Kier alpha value is -2.50. The van der Waals surface area contributed by atoms with Gasteiger partial charge in [0.1, 0.15) is 11.6 Å². The molecule has 1 aromatic heterocycles. The van der Waals surface area contributed by atoms with Crippen LogP contribution in [-0.4, -0.2) is 21.7 Å². The molecule has 0 aliphatic heterocycles. The highest BCUT2D eigenvalue weighted by atomic mass is 16.5. The highest BCUT2D eigenvalue weighted by Crippen LogP contribution is 2.13. The van der Waals surface area contributed by atoms with Crippen molar-refractivity contribution in [3.05, 3.63) is 46.5 Å². The summed E-state index contributed by atoms with van der Waals surface area (Å²) in [7, 11) is 0. The lowest BCUT2D eigenvalue weighted by molar-refractivity contribution is 0.318. The first-order valence-electron chi connectivity index (χ1n) is 5.41. The Morgan fingerprint density at radius 2 is 2.06 bits per heavy atom. The second kappa shape index (κ2) is 5.22. The Labute approximate surface area is 103 Å². The van der Waals surface area contributed by atoms with E-state index in [1.807, 2.05) is 0 Å². The molecule has 18 heavy (non-hydrogen) atoms. The van der Waals surface area contributed by atoms with E-state index in [0.717, 1.165) is 6.07 Å². The van der Waals surface area contributed by atoms with Gasteiger partial charge in [0.05, 0.1) is 12.7 Å². The van der Waals surface area contributed by atoms with E-state index in [4.69, 9.17) is 15.6 Å². The highest BCUT2D eigenvalue weighted by molar-refractivity contribution is 5.41. The number of anilines is 1. The largest absolute Gasteiger partial charge is 0.493 e. The van der Waals surface area contributed by atoms with Gasteiger partial charge in [-0.05, 0) is 24.3 Å². The van der Waals surface area contributed by atoms with Gasteiger partial charge in [0.15, 0.2) is 0 Å². The summed E-state index contributed by atoms with van der Waals surface area (Å²) in [5.74, 6) is 0.781. The molecule has 1 heterocycles. The number of nitrogens with zero attached hydrogens (tertiary/aromatic N) is 1. The fraction of sp³-hybridized carbons (Fsp3) is 0.167. The predicted molar refractivity (Wildman–Crippen MR) is 66.6 cm³/mol. The van der Waals surface area contributed by atoms with E-state index >= 15 is 0 Å². The van der Waals surface area contributed by atoms with E-state index in [0.29, 0.717) is 30.3 Å². The Kier molecular flexibility index (Phi) is 3.47. The molecule has 2 rings (SSSR count). The lowest BCUT2D eigenvalue weighted by atomic mass is 10.3. The van der Waals surface area contributed by atoms with Crippen LogP contribution in [0.2, 0.25) is 0 Å². The van der Waals surface area contributed by atoms with Crippen molar-refractivity contribution >= 4 is 5.69 Å². The van der Waals surface area contributed by atoms with Crippen LogP contribution in [0.4, 0.5) is 5.69 Å². The van der Waals surface area contributed by atoms with Crippen molar-refractivity contribution in [2.75, 3.05) is 12.3 Å². The molecule has 1 aromatic carbocycles. The number of nitrogens with two attached hydrogens (primary N) is 1. The Balaban J connectivity index is 1.92. The van der Waals surface area contributed by atoms with E-state index < -0.39 is 0 Å². The lowest BCUT2D eigenvalue weighted by Crippen LogP contribution is -2.12. The Morgan fingerprint density at radius 1 is 1.33 bits per heavy atom. The maximum atomic E-state index is 11.1. The van der Waals surface area contributed by atoms with Crippen LogP contribution < -0.4 is 16.0 Å². The molecule has 94 valence electrons. The van der Waals surface area contributed by atoms with Gasteiger partial charge in [-0.15, -0.1) is 0 Å². The molecule has 0 spiro atoms. The van der Waals surface area contributed by atoms with Gasteiger partial charge in [-0.25, -0.2) is 4.98 Å². The van der Waals surface area contributed by atoms with Gasteiger partial charge in [0, 0.05) is 12.1 Å². The third-order valence-electron chi connectivity index (χ3n) is 2.26. The highest BCUT2D eigenvalue weighted by Gasteiger charge is 2.00. The summed E-state index contributed by atoms with van der Waals surface area (Å²) in [5, 5.41) is 9.15. The van der Waals surface area contributed by atoms with Gasteiger partial charge in [-0.2, -0.15) is 0 Å². The van der Waals surface area contributed by atoms with Gasteiger partial charge in [-0.1, -0.05) is 0 Å². The zero-order valence-corrected chi connectivity index (χ0v) is 9.59. The number of nitrogens with one attached hydrogen (secondary N) is 1. The summed E-state index contributed by atoms with van der Waals surface area (Å²) < 4.78 is 5.45. The molecule has 0 atom stereocenters. The van der Waals surface area contributed by atoms with Crippen molar-refractivity contribution in [1.82, 2.24) is 9.97 Å². The van der Waals surface area contributed by atoms with Gasteiger partial charge in [0.2, 0.25) is 5.88 Å². The van der Waals surface area contributed by atoms with E-state index in [1.54, 1.807) is 24.3 Å². The number of hydrogen-bond acceptors (Lipinski definition) is 5. The maximum Gasteiger partial charge on any atom is 0.254 e. The monoisotopic (exact) mass is 247 g/mol. The number of nitrogen functional groups attached to an aromatic ring is 1. The van der Waals surface area contributed by atoms with Crippen molar-refractivity contribution in [3.63, 3.8) is 0 Å². The van der Waals surface area contributed by atoms with Crippen LogP contribution >= 0.6 is 0 Å². The Morgan fingerprint density at radius 3 is 2.72 bits per heavy atom. The fourth-order valence-corrected chi connectivity index (χ4v) is 1.44. The van der Waals surface area contributed by atoms with Crippen LogP contribution in [0.25, 0.3) is 0 Å². The molecule has 0 aliphatic rings. The molecule has 0 amide bonds. The number of ether oxygens (including phenoxy) is 1.